The molecular weight excluding hydrogens is 343 g/mol. The van der Waals surface area contributed by atoms with E-state index in [1.807, 2.05) is 6.92 Å². The Balaban J connectivity index is 1.70. The van der Waals surface area contributed by atoms with Gasteiger partial charge in [-0.25, -0.2) is 4.39 Å². The molecule has 8 heteroatoms. The van der Waals surface area contributed by atoms with Crippen molar-refractivity contribution in [3.05, 3.63) is 59.0 Å². The average molecular weight is 356 g/mol. The van der Waals surface area contributed by atoms with Gasteiger partial charge in [0.15, 0.2) is 6.61 Å². The van der Waals surface area contributed by atoms with Crippen LogP contribution in [0.25, 0.3) is 0 Å². The normalized spacial score (nSPS) is 10.5. The molecule has 0 spiro atoms. The van der Waals surface area contributed by atoms with Crippen LogP contribution in [0.4, 0.5) is 4.39 Å². The van der Waals surface area contributed by atoms with Gasteiger partial charge in [0, 0.05) is 10.6 Å². The van der Waals surface area contributed by atoms with Gasteiger partial charge in [0.2, 0.25) is 0 Å². The number of nitrogens with zero attached hydrogens (tertiary/aromatic N) is 4. The minimum atomic E-state index is -0.333. The van der Waals surface area contributed by atoms with Gasteiger partial charge in [0.1, 0.15) is 17.6 Å². The van der Waals surface area contributed by atoms with Crippen LogP contribution in [-0.2, 0) is 6.61 Å². The molecule has 1 aromatic carbocycles. The van der Waals surface area contributed by atoms with E-state index in [-0.39, 0.29) is 18.3 Å². The minimum absolute atomic E-state index is 0.0682. The molecule has 0 aliphatic heterocycles. The van der Waals surface area contributed by atoms with Crippen molar-refractivity contribution in [1.82, 2.24) is 15.2 Å². The molecule has 6 nitrogen and oxygen atoms in total. The van der Waals surface area contributed by atoms with Crippen LogP contribution in [0.5, 0.6) is 5.75 Å². The van der Waals surface area contributed by atoms with E-state index in [1.165, 1.54) is 36.0 Å². The van der Waals surface area contributed by atoms with Crippen LogP contribution < -0.4 is 4.74 Å². The van der Waals surface area contributed by atoms with Crippen molar-refractivity contribution in [1.29, 1.82) is 5.26 Å². The highest BCUT2D eigenvalue weighted by molar-refractivity contribution is 7.99. The summed E-state index contributed by atoms with van der Waals surface area (Å²) in [5.74, 6) is 0.453. The van der Waals surface area contributed by atoms with Gasteiger partial charge in [0.25, 0.3) is 11.1 Å². The SMILES string of the molecule is Cc1cc(Sc2nnc(COc3ccc(F)cc3)o2)c(C#N)c(C)n1. The maximum atomic E-state index is 12.9. The van der Waals surface area contributed by atoms with Gasteiger partial charge >= 0.3 is 0 Å². The van der Waals surface area contributed by atoms with Crippen molar-refractivity contribution in [3.8, 4) is 11.8 Å². The fourth-order valence-electron chi connectivity index (χ4n) is 2.12. The van der Waals surface area contributed by atoms with E-state index >= 15 is 0 Å². The number of halogens is 1. The number of nitriles is 1. The summed E-state index contributed by atoms with van der Waals surface area (Å²) in [7, 11) is 0. The van der Waals surface area contributed by atoms with Crippen molar-refractivity contribution in [2.24, 2.45) is 0 Å². The van der Waals surface area contributed by atoms with E-state index in [4.69, 9.17) is 9.15 Å². The van der Waals surface area contributed by atoms with Crippen LogP contribution in [0.3, 0.4) is 0 Å². The summed E-state index contributed by atoms with van der Waals surface area (Å²) < 4.78 is 23.8. The first kappa shape index (κ1) is 16.9. The molecule has 0 radical (unpaired) electrons. The van der Waals surface area contributed by atoms with E-state index < -0.39 is 0 Å². The molecule has 3 aromatic rings. The first-order chi connectivity index (χ1) is 12.0. The zero-order valence-electron chi connectivity index (χ0n) is 13.5. The lowest BCUT2D eigenvalue weighted by Crippen LogP contribution is -1.95. The maximum absolute atomic E-state index is 12.9. The third-order valence-electron chi connectivity index (χ3n) is 3.23. The van der Waals surface area contributed by atoms with Crippen LogP contribution >= 0.6 is 11.8 Å². The number of aromatic nitrogens is 3. The lowest BCUT2D eigenvalue weighted by atomic mass is 10.2. The molecule has 2 aromatic heterocycles. The van der Waals surface area contributed by atoms with E-state index in [0.717, 1.165) is 5.69 Å². The number of rotatable bonds is 5. The summed E-state index contributed by atoms with van der Waals surface area (Å²) >= 11 is 1.20. The van der Waals surface area contributed by atoms with Crippen molar-refractivity contribution in [2.45, 2.75) is 30.6 Å². The molecule has 2 heterocycles. The Morgan fingerprint density at radius 1 is 1.24 bits per heavy atom. The molecule has 3 rings (SSSR count). The number of hydrogen-bond donors (Lipinski definition) is 0. The molecule has 0 saturated carbocycles. The average Bonchev–Trinajstić information content (AvgIpc) is 3.01. The number of benzene rings is 1. The molecule has 0 atom stereocenters. The topological polar surface area (TPSA) is 84.8 Å². The lowest BCUT2D eigenvalue weighted by Gasteiger charge is -2.05. The van der Waals surface area contributed by atoms with Gasteiger partial charge in [-0.2, -0.15) is 5.26 Å². The Hall–Kier alpha value is -2.92. The number of hydrogen-bond acceptors (Lipinski definition) is 7. The molecule has 126 valence electrons. The largest absolute Gasteiger partial charge is 0.484 e. The third-order valence-corrected chi connectivity index (χ3v) is 4.11. The van der Waals surface area contributed by atoms with Crippen LogP contribution in [0.2, 0.25) is 0 Å². The predicted molar refractivity (Wildman–Crippen MR) is 87.6 cm³/mol. The molecule has 0 aliphatic rings. The highest BCUT2D eigenvalue weighted by atomic mass is 32.2. The molecule has 0 saturated heterocycles. The molecule has 0 bridgehead atoms. The molecule has 0 fully saturated rings. The fourth-order valence-corrected chi connectivity index (χ4v) is 3.05. The molecule has 0 amide bonds. The quantitative estimate of drug-likeness (QED) is 0.687. The van der Waals surface area contributed by atoms with E-state index in [1.54, 1.807) is 13.0 Å². The van der Waals surface area contributed by atoms with Gasteiger partial charge in [0.05, 0.1) is 11.3 Å². The van der Waals surface area contributed by atoms with Gasteiger partial charge in [-0.3, -0.25) is 4.98 Å². The van der Waals surface area contributed by atoms with Gasteiger partial charge in [-0.05, 0) is 55.9 Å². The second-order valence-corrected chi connectivity index (χ2v) is 6.13. The van der Waals surface area contributed by atoms with Crippen molar-refractivity contribution < 1.29 is 13.5 Å². The summed E-state index contributed by atoms with van der Waals surface area (Å²) in [6.45, 7) is 3.71. The zero-order valence-corrected chi connectivity index (χ0v) is 14.3. The molecule has 0 N–H and O–H groups in total. The minimum Gasteiger partial charge on any atom is -0.484 e. The molecular formula is C17H13FN4O2S. The predicted octanol–water partition coefficient (Wildman–Crippen LogP) is 3.82. The standard InChI is InChI=1S/C17H13FN4O2S/c1-10-7-15(14(8-19)11(2)20-10)25-17-22-21-16(24-17)9-23-13-5-3-12(18)4-6-13/h3-7H,9H2,1-2H3. The number of pyridine rings is 1. The fraction of sp³-hybridized carbons (Fsp3) is 0.176. The summed E-state index contributed by atoms with van der Waals surface area (Å²) in [6.07, 6.45) is 0. The molecule has 0 aliphatic carbocycles. The Morgan fingerprint density at radius 3 is 2.72 bits per heavy atom. The maximum Gasteiger partial charge on any atom is 0.281 e. The number of ether oxygens (including phenoxy) is 1. The lowest BCUT2D eigenvalue weighted by molar-refractivity contribution is 0.252. The second-order valence-electron chi connectivity index (χ2n) is 5.14. The van der Waals surface area contributed by atoms with E-state index in [9.17, 15) is 9.65 Å². The van der Waals surface area contributed by atoms with E-state index in [0.29, 0.717) is 27.1 Å². The van der Waals surface area contributed by atoms with Crippen molar-refractivity contribution >= 4 is 11.8 Å². The van der Waals surface area contributed by atoms with Gasteiger partial charge in [-0.1, -0.05) is 0 Å². The van der Waals surface area contributed by atoms with Gasteiger partial charge < -0.3 is 9.15 Å². The summed E-state index contributed by atoms with van der Waals surface area (Å²) in [6, 6.07) is 9.59. The third kappa shape index (κ3) is 4.14. The van der Waals surface area contributed by atoms with Crippen LogP contribution in [0.15, 0.2) is 44.9 Å². The first-order valence-corrected chi connectivity index (χ1v) is 8.14. The Morgan fingerprint density at radius 2 is 2.00 bits per heavy atom. The molecule has 25 heavy (non-hydrogen) atoms. The van der Waals surface area contributed by atoms with Crippen LogP contribution in [0.1, 0.15) is 22.8 Å². The Labute approximate surface area is 147 Å². The Bertz CT molecular complexity index is 935. The Kier molecular flexibility index (Phi) is 4.95. The van der Waals surface area contributed by atoms with Crippen LogP contribution in [-0.4, -0.2) is 15.2 Å². The highest BCUT2D eigenvalue weighted by Crippen LogP contribution is 2.31. The summed E-state index contributed by atoms with van der Waals surface area (Å²) in [5, 5.41) is 17.5. The second kappa shape index (κ2) is 7.32. The number of aryl methyl sites for hydroxylation is 2. The smallest absolute Gasteiger partial charge is 0.281 e. The monoisotopic (exact) mass is 356 g/mol. The highest BCUT2D eigenvalue weighted by Gasteiger charge is 2.14. The molecule has 0 unspecified atom stereocenters. The summed E-state index contributed by atoms with van der Waals surface area (Å²) in [5.41, 5.74) is 1.95. The summed E-state index contributed by atoms with van der Waals surface area (Å²) in [4.78, 5) is 4.98. The van der Waals surface area contributed by atoms with Gasteiger partial charge in [-0.15, -0.1) is 10.2 Å². The van der Waals surface area contributed by atoms with Crippen molar-refractivity contribution in [2.75, 3.05) is 0 Å². The zero-order chi connectivity index (χ0) is 17.8. The van der Waals surface area contributed by atoms with Crippen molar-refractivity contribution in [3.63, 3.8) is 0 Å². The van der Waals surface area contributed by atoms with E-state index in [2.05, 4.69) is 21.3 Å². The first-order valence-electron chi connectivity index (χ1n) is 7.32. The van der Waals surface area contributed by atoms with Crippen LogP contribution in [0, 0.1) is 31.0 Å².